The van der Waals surface area contributed by atoms with E-state index in [4.69, 9.17) is 0 Å². The van der Waals surface area contributed by atoms with E-state index in [2.05, 4.69) is 20.3 Å². The Kier molecular flexibility index (Phi) is 5.04. The highest BCUT2D eigenvalue weighted by atomic mass is 32.1. The number of H-pyrrole nitrogens is 1. The maximum atomic E-state index is 12.4. The van der Waals surface area contributed by atoms with Gasteiger partial charge in [-0.1, -0.05) is 12.1 Å². The lowest BCUT2D eigenvalue weighted by molar-refractivity contribution is -0.121. The molecular weight excluding hydrogens is 336 g/mol. The lowest BCUT2D eigenvalue weighted by Gasteiger charge is -2.13. The topological polar surface area (TPSA) is 87.7 Å². The Balaban J connectivity index is 1.77. The molecule has 1 amide bonds. The minimum absolute atomic E-state index is 0.00756. The number of carbonyl (C=O) groups excluding carboxylic acids is 1. The SMILES string of the molecule is Cc1nc(-c2ccccn2)[nH]c(=O)c1CC(=O)N[C@H](C)c1cccs1. The molecule has 0 spiro atoms. The van der Waals surface area contributed by atoms with Crippen LogP contribution in [0.4, 0.5) is 0 Å². The van der Waals surface area contributed by atoms with Crippen LogP contribution in [-0.4, -0.2) is 20.9 Å². The van der Waals surface area contributed by atoms with E-state index in [0.717, 1.165) is 4.88 Å². The molecule has 0 saturated heterocycles. The fraction of sp³-hybridized carbons (Fsp3) is 0.222. The molecule has 0 aliphatic heterocycles. The normalized spacial score (nSPS) is 11.9. The van der Waals surface area contributed by atoms with Gasteiger partial charge in [0, 0.05) is 22.3 Å². The average molecular weight is 354 g/mol. The van der Waals surface area contributed by atoms with Crippen molar-refractivity contribution in [1.82, 2.24) is 20.3 Å². The molecule has 0 aliphatic rings. The fourth-order valence-corrected chi connectivity index (χ4v) is 3.24. The number of aromatic nitrogens is 3. The van der Waals surface area contributed by atoms with Gasteiger partial charge < -0.3 is 10.3 Å². The zero-order chi connectivity index (χ0) is 17.8. The number of aromatic amines is 1. The van der Waals surface area contributed by atoms with Gasteiger partial charge in [-0.25, -0.2) is 4.98 Å². The minimum Gasteiger partial charge on any atom is -0.348 e. The Labute approximate surface area is 149 Å². The van der Waals surface area contributed by atoms with Gasteiger partial charge in [-0.15, -0.1) is 11.3 Å². The van der Waals surface area contributed by atoms with Crippen LogP contribution in [0.25, 0.3) is 11.5 Å². The zero-order valence-corrected chi connectivity index (χ0v) is 14.8. The fourth-order valence-electron chi connectivity index (χ4n) is 2.50. The van der Waals surface area contributed by atoms with E-state index in [1.54, 1.807) is 36.6 Å². The molecule has 0 aliphatic carbocycles. The van der Waals surface area contributed by atoms with E-state index < -0.39 is 0 Å². The summed E-state index contributed by atoms with van der Waals surface area (Å²) in [6.07, 6.45) is 1.63. The molecule has 0 unspecified atom stereocenters. The molecule has 128 valence electrons. The number of hydrogen-bond acceptors (Lipinski definition) is 5. The molecule has 0 radical (unpaired) electrons. The maximum Gasteiger partial charge on any atom is 0.255 e. The van der Waals surface area contributed by atoms with Gasteiger partial charge in [0.05, 0.1) is 12.5 Å². The molecule has 3 aromatic rings. The number of thiophene rings is 1. The summed E-state index contributed by atoms with van der Waals surface area (Å²) in [6, 6.07) is 9.21. The Hall–Kier alpha value is -2.80. The van der Waals surface area contributed by atoms with E-state index >= 15 is 0 Å². The van der Waals surface area contributed by atoms with Gasteiger partial charge in [0.15, 0.2) is 5.82 Å². The number of carbonyl (C=O) groups is 1. The van der Waals surface area contributed by atoms with E-state index in [0.29, 0.717) is 22.8 Å². The van der Waals surface area contributed by atoms with E-state index in [-0.39, 0.29) is 23.9 Å². The minimum atomic E-state index is -0.313. The van der Waals surface area contributed by atoms with E-state index in [1.807, 2.05) is 30.5 Å². The highest BCUT2D eigenvalue weighted by Gasteiger charge is 2.16. The summed E-state index contributed by atoms with van der Waals surface area (Å²) in [5.74, 6) is 0.195. The summed E-state index contributed by atoms with van der Waals surface area (Å²) < 4.78 is 0. The Morgan fingerprint density at radius 1 is 1.32 bits per heavy atom. The van der Waals surface area contributed by atoms with Crippen molar-refractivity contribution in [3.8, 4) is 11.5 Å². The first-order valence-electron chi connectivity index (χ1n) is 7.88. The van der Waals surface area contributed by atoms with Crippen LogP contribution in [0.3, 0.4) is 0 Å². The molecule has 0 bridgehead atoms. The quantitative estimate of drug-likeness (QED) is 0.737. The van der Waals surface area contributed by atoms with Gasteiger partial charge in [-0.3, -0.25) is 14.6 Å². The molecule has 7 heteroatoms. The lowest BCUT2D eigenvalue weighted by atomic mass is 10.1. The number of nitrogens with one attached hydrogen (secondary N) is 2. The number of aryl methyl sites for hydroxylation is 1. The van der Waals surface area contributed by atoms with Gasteiger partial charge in [-0.05, 0) is 37.4 Å². The van der Waals surface area contributed by atoms with Gasteiger partial charge in [-0.2, -0.15) is 0 Å². The molecule has 3 rings (SSSR count). The second kappa shape index (κ2) is 7.40. The summed E-state index contributed by atoms with van der Waals surface area (Å²) in [5, 5.41) is 4.88. The Morgan fingerprint density at radius 3 is 2.80 bits per heavy atom. The third-order valence-corrected chi connectivity index (χ3v) is 4.87. The number of hydrogen-bond donors (Lipinski definition) is 2. The van der Waals surface area contributed by atoms with Crippen LogP contribution >= 0.6 is 11.3 Å². The molecule has 6 nitrogen and oxygen atoms in total. The smallest absolute Gasteiger partial charge is 0.255 e. The third-order valence-electron chi connectivity index (χ3n) is 3.81. The van der Waals surface area contributed by atoms with E-state index in [1.165, 1.54) is 0 Å². The standard InChI is InChI=1S/C18H18N4O2S/c1-11-13(10-16(23)20-12(2)15-7-5-9-25-15)18(24)22-17(21-11)14-6-3-4-8-19-14/h3-9,12H,10H2,1-2H3,(H,20,23)(H,21,22,24)/t12-/m1/s1. The number of rotatable bonds is 5. The lowest BCUT2D eigenvalue weighted by Crippen LogP contribution is -2.30. The van der Waals surface area contributed by atoms with Crippen molar-refractivity contribution in [2.75, 3.05) is 0 Å². The van der Waals surface area contributed by atoms with Crippen molar-refractivity contribution in [3.05, 3.63) is 68.4 Å². The van der Waals surface area contributed by atoms with Gasteiger partial charge in [0.25, 0.3) is 5.56 Å². The summed E-state index contributed by atoms with van der Waals surface area (Å²) in [7, 11) is 0. The monoisotopic (exact) mass is 354 g/mol. The van der Waals surface area contributed by atoms with Crippen molar-refractivity contribution in [3.63, 3.8) is 0 Å². The molecule has 0 saturated carbocycles. The highest BCUT2D eigenvalue weighted by molar-refractivity contribution is 7.10. The number of pyridine rings is 1. The second-order valence-electron chi connectivity index (χ2n) is 5.67. The summed E-state index contributed by atoms with van der Waals surface area (Å²) >= 11 is 1.58. The van der Waals surface area contributed by atoms with Crippen LogP contribution in [0.5, 0.6) is 0 Å². The summed E-state index contributed by atoms with van der Waals surface area (Å²) in [4.78, 5) is 37.0. The summed E-state index contributed by atoms with van der Waals surface area (Å²) in [6.45, 7) is 3.65. The zero-order valence-electron chi connectivity index (χ0n) is 13.9. The van der Waals surface area contributed by atoms with Crippen LogP contribution in [-0.2, 0) is 11.2 Å². The van der Waals surface area contributed by atoms with Gasteiger partial charge in [0.1, 0.15) is 5.69 Å². The predicted molar refractivity (Wildman–Crippen MR) is 97.4 cm³/mol. The number of amides is 1. The summed E-state index contributed by atoms with van der Waals surface area (Å²) in [5.41, 5.74) is 1.18. The van der Waals surface area contributed by atoms with Crippen LogP contribution < -0.4 is 10.9 Å². The van der Waals surface area contributed by atoms with Crippen molar-refractivity contribution in [2.24, 2.45) is 0 Å². The van der Waals surface area contributed by atoms with E-state index in [9.17, 15) is 9.59 Å². The molecule has 2 N–H and O–H groups in total. The number of nitrogens with zero attached hydrogens (tertiary/aromatic N) is 2. The first kappa shape index (κ1) is 17.0. The van der Waals surface area contributed by atoms with Crippen molar-refractivity contribution < 1.29 is 4.79 Å². The van der Waals surface area contributed by atoms with Crippen LogP contribution in [0.2, 0.25) is 0 Å². The molecular formula is C18H18N4O2S. The first-order valence-corrected chi connectivity index (χ1v) is 8.76. The molecule has 0 aromatic carbocycles. The van der Waals surface area contributed by atoms with Gasteiger partial charge in [0.2, 0.25) is 5.91 Å². The van der Waals surface area contributed by atoms with Crippen LogP contribution in [0.1, 0.15) is 29.1 Å². The van der Waals surface area contributed by atoms with Crippen LogP contribution in [0, 0.1) is 6.92 Å². The molecule has 1 atom stereocenters. The highest BCUT2D eigenvalue weighted by Crippen LogP contribution is 2.18. The molecule has 25 heavy (non-hydrogen) atoms. The average Bonchev–Trinajstić information content (AvgIpc) is 3.13. The predicted octanol–water partition coefficient (Wildman–Crippen LogP) is 2.62. The van der Waals surface area contributed by atoms with Crippen LogP contribution in [0.15, 0.2) is 46.7 Å². The van der Waals surface area contributed by atoms with Crippen molar-refractivity contribution in [1.29, 1.82) is 0 Å². The Morgan fingerprint density at radius 2 is 2.16 bits per heavy atom. The first-order chi connectivity index (χ1) is 12.0. The maximum absolute atomic E-state index is 12.4. The second-order valence-corrected chi connectivity index (χ2v) is 6.65. The van der Waals surface area contributed by atoms with Crippen molar-refractivity contribution >= 4 is 17.2 Å². The largest absolute Gasteiger partial charge is 0.348 e. The van der Waals surface area contributed by atoms with Gasteiger partial charge >= 0.3 is 0 Å². The Bertz CT molecular complexity index is 920. The third kappa shape index (κ3) is 4.00. The molecule has 3 aromatic heterocycles. The molecule has 0 fully saturated rings. The van der Waals surface area contributed by atoms with Crippen molar-refractivity contribution in [2.45, 2.75) is 26.3 Å². The molecule has 3 heterocycles.